The predicted octanol–water partition coefficient (Wildman–Crippen LogP) is 3.18. The zero-order valence-electron chi connectivity index (χ0n) is 10.1. The van der Waals surface area contributed by atoms with Gasteiger partial charge in [-0.25, -0.2) is 4.98 Å². The lowest BCUT2D eigenvalue weighted by molar-refractivity contribution is 0.604. The summed E-state index contributed by atoms with van der Waals surface area (Å²) in [6.45, 7) is 0. The molecule has 1 saturated carbocycles. The lowest BCUT2D eigenvalue weighted by Gasteiger charge is -2.05. The van der Waals surface area contributed by atoms with Gasteiger partial charge in [0, 0.05) is 11.4 Å². The van der Waals surface area contributed by atoms with Gasteiger partial charge in [-0.05, 0) is 37.0 Å². The Kier molecular flexibility index (Phi) is 3.35. The summed E-state index contributed by atoms with van der Waals surface area (Å²) in [4.78, 5) is 4.46. The largest absolute Gasteiger partial charge is 0.399 e. The Morgan fingerprint density at radius 1 is 1.39 bits per heavy atom. The van der Waals surface area contributed by atoms with Gasteiger partial charge in [0.25, 0.3) is 0 Å². The number of benzene rings is 1. The first-order chi connectivity index (χ1) is 8.72. The van der Waals surface area contributed by atoms with E-state index in [-0.39, 0.29) is 0 Å². The van der Waals surface area contributed by atoms with E-state index >= 15 is 0 Å². The smallest absolute Gasteiger partial charge is 0.181 e. The molecule has 18 heavy (non-hydrogen) atoms. The molecule has 1 heterocycles. The summed E-state index contributed by atoms with van der Waals surface area (Å²) < 4.78 is 14.1. The molecule has 1 aromatic carbocycles. The van der Waals surface area contributed by atoms with E-state index in [1.807, 2.05) is 18.2 Å². The maximum absolute atomic E-state index is 12.3. The summed E-state index contributed by atoms with van der Waals surface area (Å²) in [5, 5.41) is 0. The van der Waals surface area contributed by atoms with E-state index in [0.29, 0.717) is 5.92 Å². The molecule has 2 N–H and O–H groups in total. The van der Waals surface area contributed by atoms with Crippen molar-refractivity contribution in [3.05, 3.63) is 18.2 Å². The van der Waals surface area contributed by atoms with Gasteiger partial charge in [0.2, 0.25) is 0 Å². The minimum Gasteiger partial charge on any atom is -0.399 e. The third-order valence-corrected chi connectivity index (χ3v) is 6.32. The molecule has 1 fully saturated rings. The summed E-state index contributed by atoms with van der Waals surface area (Å²) in [7, 11) is -0.946. The van der Waals surface area contributed by atoms with Crippen molar-refractivity contribution in [2.24, 2.45) is 5.92 Å². The second kappa shape index (κ2) is 4.97. The lowest BCUT2D eigenvalue weighted by atomic mass is 10.1. The molecule has 0 radical (unpaired) electrons. The second-order valence-electron chi connectivity index (χ2n) is 4.87. The first kappa shape index (κ1) is 12.1. The van der Waals surface area contributed by atoms with E-state index in [4.69, 9.17) is 5.73 Å². The standard InChI is InChI=1S/C13H16N2OS2/c14-10-5-6-11-12(7-10)17-13(15-11)18(16)8-9-3-1-2-4-9/h5-7,9H,1-4,8,14H2. The van der Waals surface area contributed by atoms with Crippen LogP contribution in [-0.4, -0.2) is 14.9 Å². The van der Waals surface area contributed by atoms with E-state index in [1.54, 1.807) is 0 Å². The van der Waals surface area contributed by atoms with Gasteiger partial charge in [-0.15, -0.1) is 11.3 Å². The van der Waals surface area contributed by atoms with Crippen molar-refractivity contribution in [1.82, 2.24) is 4.98 Å². The number of nitrogens with two attached hydrogens (primary N) is 1. The van der Waals surface area contributed by atoms with Crippen molar-refractivity contribution < 1.29 is 4.21 Å². The Hall–Kier alpha value is -0.940. The Balaban J connectivity index is 1.82. The molecule has 0 saturated heterocycles. The van der Waals surface area contributed by atoms with Crippen LogP contribution in [0.5, 0.6) is 0 Å². The number of thiazole rings is 1. The van der Waals surface area contributed by atoms with E-state index in [2.05, 4.69) is 4.98 Å². The zero-order chi connectivity index (χ0) is 12.5. The quantitative estimate of drug-likeness (QED) is 0.879. The monoisotopic (exact) mass is 280 g/mol. The van der Waals surface area contributed by atoms with Crippen LogP contribution < -0.4 is 5.73 Å². The van der Waals surface area contributed by atoms with Crippen molar-refractivity contribution in [2.75, 3.05) is 11.5 Å². The molecule has 3 nitrogen and oxygen atoms in total. The van der Waals surface area contributed by atoms with Crippen molar-refractivity contribution in [3.8, 4) is 0 Å². The molecule has 0 aliphatic heterocycles. The zero-order valence-corrected chi connectivity index (χ0v) is 11.7. The summed E-state index contributed by atoms with van der Waals surface area (Å²) >= 11 is 1.51. The Morgan fingerprint density at radius 3 is 2.94 bits per heavy atom. The second-order valence-corrected chi connectivity index (χ2v) is 7.57. The van der Waals surface area contributed by atoms with Gasteiger partial charge in [0.15, 0.2) is 4.34 Å². The van der Waals surface area contributed by atoms with E-state index in [9.17, 15) is 4.21 Å². The molecular weight excluding hydrogens is 264 g/mol. The van der Waals surface area contributed by atoms with Gasteiger partial charge >= 0.3 is 0 Å². The number of fused-ring (bicyclic) bond motifs is 1. The van der Waals surface area contributed by atoms with Crippen molar-refractivity contribution >= 4 is 38.0 Å². The van der Waals surface area contributed by atoms with Crippen molar-refractivity contribution in [2.45, 2.75) is 30.0 Å². The molecule has 5 heteroatoms. The highest BCUT2D eigenvalue weighted by atomic mass is 32.2. The highest BCUT2D eigenvalue weighted by Gasteiger charge is 2.20. The highest BCUT2D eigenvalue weighted by Crippen LogP contribution is 2.30. The molecule has 1 aliphatic rings. The van der Waals surface area contributed by atoms with Gasteiger partial charge in [0.05, 0.1) is 21.0 Å². The molecule has 1 aromatic heterocycles. The van der Waals surface area contributed by atoms with Gasteiger partial charge in [0.1, 0.15) is 0 Å². The highest BCUT2D eigenvalue weighted by molar-refractivity contribution is 7.87. The number of nitrogen functional groups attached to an aromatic ring is 1. The minimum atomic E-state index is -0.946. The maximum Gasteiger partial charge on any atom is 0.181 e. The average molecular weight is 280 g/mol. The summed E-state index contributed by atoms with van der Waals surface area (Å²) in [5.74, 6) is 1.40. The topological polar surface area (TPSA) is 56.0 Å². The Morgan fingerprint density at radius 2 is 2.17 bits per heavy atom. The average Bonchev–Trinajstić information content (AvgIpc) is 2.96. The van der Waals surface area contributed by atoms with Crippen molar-refractivity contribution in [1.29, 1.82) is 0 Å². The molecule has 1 aliphatic carbocycles. The summed E-state index contributed by atoms with van der Waals surface area (Å²) in [6.07, 6.45) is 5.03. The fraction of sp³-hybridized carbons (Fsp3) is 0.462. The molecular formula is C13H16N2OS2. The van der Waals surface area contributed by atoms with E-state index < -0.39 is 10.8 Å². The van der Waals surface area contributed by atoms with Crippen LogP contribution in [0.1, 0.15) is 25.7 Å². The van der Waals surface area contributed by atoms with Crippen LogP contribution in [0.2, 0.25) is 0 Å². The molecule has 0 spiro atoms. The molecule has 1 atom stereocenters. The van der Waals surface area contributed by atoms with Crippen LogP contribution in [0.25, 0.3) is 10.2 Å². The van der Waals surface area contributed by atoms with Crippen molar-refractivity contribution in [3.63, 3.8) is 0 Å². The first-order valence-corrected chi connectivity index (χ1v) is 8.40. The Bertz CT molecular complexity index is 588. The molecule has 1 unspecified atom stereocenters. The van der Waals surface area contributed by atoms with Crippen LogP contribution in [-0.2, 0) is 10.8 Å². The first-order valence-electron chi connectivity index (χ1n) is 6.27. The third kappa shape index (κ3) is 2.42. The lowest BCUT2D eigenvalue weighted by Crippen LogP contribution is -2.07. The number of aromatic nitrogens is 1. The molecule has 2 aromatic rings. The van der Waals surface area contributed by atoms with Crippen LogP contribution in [0.3, 0.4) is 0 Å². The molecule has 3 rings (SSSR count). The summed E-state index contributed by atoms with van der Waals surface area (Å²) in [5.41, 5.74) is 7.39. The van der Waals surface area contributed by atoms with Gasteiger partial charge in [-0.3, -0.25) is 4.21 Å². The molecule has 96 valence electrons. The number of anilines is 1. The predicted molar refractivity (Wildman–Crippen MR) is 77.3 cm³/mol. The number of hydrogen-bond acceptors (Lipinski definition) is 4. The Labute approximate surface area is 113 Å². The maximum atomic E-state index is 12.3. The van der Waals surface area contributed by atoms with Gasteiger partial charge in [-0.1, -0.05) is 12.8 Å². The van der Waals surface area contributed by atoms with E-state index in [0.717, 1.165) is 26.0 Å². The van der Waals surface area contributed by atoms with Crippen LogP contribution in [0.15, 0.2) is 22.5 Å². The third-order valence-electron chi connectivity index (χ3n) is 3.45. The SMILES string of the molecule is Nc1ccc2nc(S(=O)CC3CCCC3)sc2c1. The van der Waals surface area contributed by atoms with Crippen LogP contribution >= 0.6 is 11.3 Å². The fourth-order valence-electron chi connectivity index (χ4n) is 2.48. The van der Waals surface area contributed by atoms with Crippen LogP contribution in [0.4, 0.5) is 5.69 Å². The number of rotatable bonds is 3. The van der Waals surface area contributed by atoms with Crippen LogP contribution in [0, 0.1) is 5.92 Å². The van der Waals surface area contributed by atoms with Gasteiger partial charge in [-0.2, -0.15) is 0 Å². The number of hydrogen-bond donors (Lipinski definition) is 1. The normalized spacial score (nSPS) is 18.4. The molecule has 0 bridgehead atoms. The summed E-state index contributed by atoms with van der Waals surface area (Å²) in [6, 6.07) is 5.65. The van der Waals surface area contributed by atoms with E-state index in [1.165, 1.54) is 37.0 Å². The number of nitrogens with zero attached hydrogens (tertiary/aromatic N) is 1. The fourth-order valence-corrected chi connectivity index (χ4v) is 5.17. The van der Waals surface area contributed by atoms with Gasteiger partial charge < -0.3 is 5.73 Å². The molecule has 0 amide bonds. The minimum absolute atomic E-state index is 0.628.